The summed E-state index contributed by atoms with van der Waals surface area (Å²) >= 11 is 0. The van der Waals surface area contributed by atoms with Crippen molar-refractivity contribution in [3.63, 3.8) is 0 Å². The summed E-state index contributed by atoms with van der Waals surface area (Å²) in [5.41, 5.74) is -0.0873. The summed E-state index contributed by atoms with van der Waals surface area (Å²) in [6.07, 6.45) is 1.81. The normalized spacial score (nSPS) is 24.9. The fourth-order valence-corrected chi connectivity index (χ4v) is 5.67. The quantitative estimate of drug-likeness (QED) is 0.623. The summed E-state index contributed by atoms with van der Waals surface area (Å²) in [6, 6.07) is 11.4. The number of carbonyl (C=O) groups is 3. The van der Waals surface area contributed by atoms with Crippen LogP contribution >= 0.6 is 0 Å². The highest BCUT2D eigenvalue weighted by molar-refractivity contribution is 6.07. The zero-order valence-corrected chi connectivity index (χ0v) is 19.9. The number of rotatable bonds is 6. The van der Waals surface area contributed by atoms with E-state index < -0.39 is 17.4 Å². The Morgan fingerprint density at radius 2 is 1.75 bits per heavy atom. The monoisotopic (exact) mass is 497 g/mol. The average molecular weight is 498 g/mol. The maximum absolute atomic E-state index is 14.0. The molecule has 36 heavy (non-hydrogen) atoms. The van der Waals surface area contributed by atoms with E-state index in [0.717, 1.165) is 5.56 Å². The third-order valence-electron chi connectivity index (χ3n) is 7.66. The van der Waals surface area contributed by atoms with Crippen LogP contribution in [0, 0.1) is 17.6 Å². The first-order chi connectivity index (χ1) is 17.4. The molecule has 2 aromatic carbocycles. The molecule has 0 aliphatic carbocycles. The largest absolute Gasteiger partial charge is 0.379 e. The molecular formula is C27H29F2N3O4. The number of hydrogen-bond donors (Lipinski definition) is 1. The van der Waals surface area contributed by atoms with E-state index in [1.54, 1.807) is 35.2 Å². The number of benzene rings is 2. The molecule has 0 saturated carbocycles. The number of piperidine rings is 1. The highest BCUT2D eigenvalue weighted by Gasteiger charge is 2.57. The molecule has 1 N–H and O–H groups in total. The molecule has 0 unspecified atom stereocenters. The molecule has 0 aromatic heterocycles. The average Bonchev–Trinajstić information content (AvgIpc) is 3.48. The van der Waals surface area contributed by atoms with Gasteiger partial charge in [0.15, 0.2) is 0 Å². The number of imide groups is 1. The van der Waals surface area contributed by atoms with Crippen molar-refractivity contribution in [2.24, 2.45) is 5.92 Å². The van der Waals surface area contributed by atoms with E-state index in [1.807, 2.05) is 0 Å². The summed E-state index contributed by atoms with van der Waals surface area (Å²) in [7, 11) is 0. The number of carbonyl (C=O) groups excluding carboxylic acids is 3. The van der Waals surface area contributed by atoms with Crippen molar-refractivity contribution >= 4 is 17.8 Å². The predicted octanol–water partition coefficient (Wildman–Crippen LogP) is 3.07. The van der Waals surface area contributed by atoms with Gasteiger partial charge in [-0.25, -0.2) is 13.6 Å². The number of nitrogens with one attached hydrogen (secondary N) is 1. The lowest BCUT2D eigenvalue weighted by molar-refractivity contribution is -0.137. The van der Waals surface area contributed by atoms with Crippen molar-refractivity contribution in [3.05, 3.63) is 71.3 Å². The van der Waals surface area contributed by atoms with Gasteiger partial charge in [-0.05, 0) is 54.5 Å². The van der Waals surface area contributed by atoms with Crippen LogP contribution in [0.4, 0.5) is 13.6 Å². The Morgan fingerprint density at radius 3 is 2.42 bits per heavy atom. The zero-order chi connectivity index (χ0) is 25.3. The number of halogens is 2. The SMILES string of the molecule is O=C(Cc1ccccc1F)N1CCC([C@]2(Cc3ccc(F)cc3)NC(=O)N([C@H]3CCOC3)C2=O)CC1. The molecule has 5 rings (SSSR count). The Kier molecular flexibility index (Phi) is 6.75. The van der Waals surface area contributed by atoms with Crippen molar-refractivity contribution in [2.75, 3.05) is 26.3 Å². The molecule has 0 radical (unpaired) electrons. The Bertz CT molecular complexity index is 1140. The molecule has 3 heterocycles. The molecule has 7 nitrogen and oxygen atoms in total. The van der Waals surface area contributed by atoms with Crippen LogP contribution in [0.25, 0.3) is 0 Å². The molecule has 2 atom stereocenters. The van der Waals surface area contributed by atoms with Crippen LogP contribution in [-0.2, 0) is 27.2 Å². The van der Waals surface area contributed by atoms with Gasteiger partial charge in [-0.1, -0.05) is 30.3 Å². The van der Waals surface area contributed by atoms with Gasteiger partial charge in [0.2, 0.25) is 5.91 Å². The second-order valence-electron chi connectivity index (χ2n) is 9.82. The lowest BCUT2D eigenvalue weighted by Crippen LogP contribution is -2.58. The minimum atomic E-state index is -1.18. The molecule has 2 aromatic rings. The molecule has 0 spiro atoms. The number of likely N-dealkylation sites (tertiary alicyclic amines) is 1. The summed E-state index contributed by atoms with van der Waals surface area (Å²) in [4.78, 5) is 42.8. The van der Waals surface area contributed by atoms with Gasteiger partial charge < -0.3 is 15.0 Å². The van der Waals surface area contributed by atoms with Crippen molar-refractivity contribution < 1.29 is 27.9 Å². The van der Waals surface area contributed by atoms with Crippen LogP contribution in [0.2, 0.25) is 0 Å². The van der Waals surface area contributed by atoms with E-state index >= 15 is 0 Å². The van der Waals surface area contributed by atoms with Gasteiger partial charge in [-0.15, -0.1) is 0 Å². The Hall–Kier alpha value is -3.33. The lowest BCUT2D eigenvalue weighted by atomic mass is 9.73. The second-order valence-corrected chi connectivity index (χ2v) is 9.82. The van der Waals surface area contributed by atoms with E-state index in [1.165, 1.54) is 23.1 Å². The number of amides is 4. The van der Waals surface area contributed by atoms with Crippen LogP contribution in [0.5, 0.6) is 0 Å². The van der Waals surface area contributed by atoms with Gasteiger partial charge in [0, 0.05) is 26.1 Å². The van der Waals surface area contributed by atoms with E-state index in [0.29, 0.717) is 51.1 Å². The lowest BCUT2D eigenvalue weighted by Gasteiger charge is -2.41. The van der Waals surface area contributed by atoms with Crippen LogP contribution in [-0.4, -0.2) is 65.5 Å². The predicted molar refractivity (Wildman–Crippen MR) is 127 cm³/mol. The standard InChI is InChI=1S/C27H29F2N3O4/c28-21-7-5-18(6-8-21)16-27(25(34)32(26(35)30-27)22-11-14-36-17-22)20-9-12-31(13-10-20)24(33)15-19-3-1-2-4-23(19)29/h1-8,20,22H,9-17H2,(H,30,35)/t22-,27-/m0/s1. The number of urea groups is 1. The first-order valence-corrected chi connectivity index (χ1v) is 12.4. The Morgan fingerprint density at radius 1 is 1.03 bits per heavy atom. The number of hydrogen-bond acceptors (Lipinski definition) is 4. The number of ether oxygens (including phenoxy) is 1. The molecule has 3 aliphatic rings. The highest BCUT2D eigenvalue weighted by atomic mass is 19.1. The first kappa shape index (κ1) is 24.4. The van der Waals surface area contributed by atoms with E-state index in [-0.39, 0.29) is 42.4 Å². The molecule has 3 aliphatic heterocycles. The maximum Gasteiger partial charge on any atom is 0.325 e. The minimum Gasteiger partial charge on any atom is -0.379 e. The Labute approximate surface area is 208 Å². The van der Waals surface area contributed by atoms with Crippen molar-refractivity contribution in [3.8, 4) is 0 Å². The van der Waals surface area contributed by atoms with Crippen LogP contribution < -0.4 is 5.32 Å². The van der Waals surface area contributed by atoms with Crippen molar-refractivity contribution in [1.29, 1.82) is 0 Å². The molecule has 3 fully saturated rings. The summed E-state index contributed by atoms with van der Waals surface area (Å²) in [5.74, 6) is -1.46. The van der Waals surface area contributed by atoms with Gasteiger partial charge in [-0.3, -0.25) is 14.5 Å². The molecule has 0 bridgehead atoms. The van der Waals surface area contributed by atoms with E-state index in [4.69, 9.17) is 4.74 Å². The molecule has 3 saturated heterocycles. The van der Waals surface area contributed by atoms with Gasteiger partial charge in [0.1, 0.15) is 17.2 Å². The van der Waals surface area contributed by atoms with E-state index in [9.17, 15) is 23.2 Å². The number of nitrogens with zero attached hydrogens (tertiary/aromatic N) is 2. The summed E-state index contributed by atoms with van der Waals surface area (Å²) in [5, 5.41) is 3.00. The fourth-order valence-electron chi connectivity index (χ4n) is 5.67. The zero-order valence-electron chi connectivity index (χ0n) is 19.9. The van der Waals surface area contributed by atoms with Crippen molar-refractivity contribution in [1.82, 2.24) is 15.1 Å². The van der Waals surface area contributed by atoms with Gasteiger partial charge in [0.05, 0.1) is 19.1 Å². The third kappa shape index (κ3) is 4.59. The third-order valence-corrected chi connectivity index (χ3v) is 7.66. The van der Waals surface area contributed by atoms with Gasteiger partial charge in [-0.2, -0.15) is 0 Å². The molecule has 4 amide bonds. The molecular weight excluding hydrogens is 468 g/mol. The van der Waals surface area contributed by atoms with Gasteiger partial charge in [0.25, 0.3) is 5.91 Å². The molecule has 190 valence electrons. The molecule has 9 heteroatoms. The van der Waals surface area contributed by atoms with Gasteiger partial charge >= 0.3 is 6.03 Å². The van der Waals surface area contributed by atoms with Crippen molar-refractivity contribution in [2.45, 2.75) is 43.7 Å². The van der Waals surface area contributed by atoms with Crippen LogP contribution in [0.1, 0.15) is 30.4 Å². The van der Waals surface area contributed by atoms with Crippen LogP contribution in [0.15, 0.2) is 48.5 Å². The Balaban J connectivity index is 1.35. The summed E-state index contributed by atoms with van der Waals surface area (Å²) < 4.78 is 33.0. The second kappa shape index (κ2) is 9.97. The highest BCUT2D eigenvalue weighted by Crippen LogP contribution is 2.38. The van der Waals surface area contributed by atoms with Crippen LogP contribution in [0.3, 0.4) is 0 Å². The smallest absolute Gasteiger partial charge is 0.325 e. The minimum absolute atomic E-state index is 0.0246. The maximum atomic E-state index is 14.0. The topological polar surface area (TPSA) is 79.0 Å². The fraction of sp³-hybridized carbons (Fsp3) is 0.444. The summed E-state index contributed by atoms with van der Waals surface area (Å²) in [6.45, 7) is 1.61. The van der Waals surface area contributed by atoms with E-state index in [2.05, 4.69) is 5.32 Å². The first-order valence-electron chi connectivity index (χ1n) is 12.4.